The highest BCUT2D eigenvalue weighted by atomic mass is 32.1. The van der Waals surface area contributed by atoms with E-state index in [0.29, 0.717) is 34.9 Å². The van der Waals surface area contributed by atoms with Gasteiger partial charge in [0.15, 0.2) is 17.5 Å². The van der Waals surface area contributed by atoms with Crippen molar-refractivity contribution in [3.8, 4) is 5.75 Å². The minimum absolute atomic E-state index is 0.0920. The molecule has 35 heavy (non-hydrogen) atoms. The topological polar surface area (TPSA) is 31.4 Å². The Morgan fingerprint density at radius 3 is 2.29 bits per heavy atom. The lowest BCUT2D eigenvalue weighted by atomic mass is 9.74. The van der Waals surface area contributed by atoms with Crippen LogP contribution in [0.25, 0.3) is 10.2 Å². The van der Waals surface area contributed by atoms with E-state index in [-0.39, 0.29) is 6.10 Å². The van der Waals surface area contributed by atoms with Gasteiger partial charge in [0, 0.05) is 12.1 Å². The third-order valence-electron chi connectivity index (χ3n) is 7.27. The van der Waals surface area contributed by atoms with Crippen LogP contribution in [0.15, 0.2) is 30.3 Å². The summed E-state index contributed by atoms with van der Waals surface area (Å²) in [5.41, 5.74) is 1.27. The Labute approximate surface area is 204 Å². The molecule has 2 heterocycles. The molecule has 2 aliphatic rings. The number of fused-ring (bicyclic) bond motifs is 1. The Kier molecular flexibility index (Phi) is 6.74. The Balaban J connectivity index is 1.28. The Hall–Kier alpha value is -2.26. The van der Waals surface area contributed by atoms with E-state index in [4.69, 9.17) is 4.74 Å². The molecule has 1 saturated carbocycles. The first-order valence-corrected chi connectivity index (χ1v) is 12.7. The molecule has 2 fully saturated rings. The van der Waals surface area contributed by atoms with Gasteiger partial charge < -0.3 is 9.47 Å². The molecule has 2 unspecified atom stereocenters. The van der Waals surface area contributed by atoms with Crippen molar-refractivity contribution in [3.05, 3.63) is 58.4 Å². The van der Waals surface area contributed by atoms with Gasteiger partial charge in [-0.25, -0.2) is 18.2 Å². The van der Waals surface area contributed by atoms with Gasteiger partial charge in [-0.3, -0.25) is 0 Å². The summed E-state index contributed by atoms with van der Waals surface area (Å²) in [5, 5.41) is -0.661. The minimum atomic E-state index is -3.95. The number of rotatable bonds is 5. The quantitative estimate of drug-likeness (QED) is 0.256. The maximum atomic E-state index is 14.7. The van der Waals surface area contributed by atoms with Crippen LogP contribution in [0.5, 0.6) is 5.75 Å². The van der Waals surface area contributed by atoms with E-state index < -0.39 is 34.3 Å². The molecule has 2 aromatic carbocycles. The lowest BCUT2D eigenvalue weighted by Gasteiger charge is -2.37. The third kappa shape index (κ3) is 5.16. The van der Waals surface area contributed by atoms with E-state index >= 15 is 0 Å². The summed E-state index contributed by atoms with van der Waals surface area (Å²) in [4.78, 5) is 3.95. The summed E-state index contributed by atoms with van der Waals surface area (Å²) in [5.74, 6) is -3.69. The molecule has 5 rings (SSSR count). The maximum Gasteiger partial charge on any atom is 0.454 e. The third-order valence-corrected chi connectivity index (χ3v) is 8.34. The standard InChI is InChI=1S/C26H26F5NO2S/c1-14-2-4-15(5-3-14)17-7-9-22(33-13-17)16-6-8-21-23(10-16)35-25(32-21)26(30,31)34-18-11-19(27)24(29)20(28)12-18/h6,8,10-12,14-15,17,22H,2-5,7,9,13H2,1H3. The van der Waals surface area contributed by atoms with Crippen LogP contribution in [0.3, 0.4) is 0 Å². The molecule has 1 saturated heterocycles. The highest BCUT2D eigenvalue weighted by Gasteiger charge is 2.39. The molecule has 9 heteroatoms. The van der Waals surface area contributed by atoms with Gasteiger partial charge in [0.25, 0.3) is 0 Å². The van der Waals surface area contributed by atoms with Crippen LogP contribution in [0, 0.1) is 35.2 Å². The molecule has 0 radical (unpaired) electrons. The number of alkyl halides is 2. The van der Waals surface area contributed by atoms with E-state index in [1.807, 2.05) is 6.07 Å². The smallest absolute Gasteiger partial charge is 0.427 e. The number of hydrogen-bond donors (Lipinski definition) is 0. The summed E-state index contributed by atoms with van der Waals surface area (Å²) in [6.07, 6.45) is 3.04. The SMILES string of the molecule is CC1CCC(C2CCC(c3ccc4nc(C(F)(F)Oc5cc(F)c(F)c(F)c5)sc4c3)OC2)CC1. The van der Waals surface area contributed by atoms with E-state index in [2.05, 4.69) is 16.6 Å². The number of thiazole rings is 1. The molecule has 0 bridgehead atoms. The Morgan fingerprint density at radius 2 is 1.63 bits per heavy atom. The number of ether oxygens (including phenoxy) is 2. The van der Waals surface area contributed by atoms with E-state index in [9.17, 15) is 22.0 Å². The van der Waals surface area contributed by atoms with Crippen molar-refractivity contribution >= 4 is 21.6 Å². The lowest BCUT2D eigenvalue weighted by molar-refractivity contribution is -0.185. The van der Waals surface area contributed by atoms with Gasteiger partial charge in [0.2, 0.25) is 5.01 Å². The van der Waals surface area contributed by atoms with Crippen LogP contribution in [0.2, 0.25) is 0 Å². The van der Waals surface area contributed by atoms with Crippen molar-refractivity contribution in [1.29, 1.82) is 0 Å². The molecule has 1 aliphatic heterocycles. The van der Waals surface area contributed by atoms with Crippen LogP contribution in [-0.4, -0.2) is 11.6 Å². The van der Waals surface area contributed by atoms with Crippen molar-refractivity contribution in [2.24, 2.45) is 17.8 Å². The Morgan fingerprint density at radius 1 is 0.943 bits per heavy atom. The molecular weight excluding hydrogens is 485 g/mol. The van der Waals surface area contributed by atoms with Gasteiger partial charge in [-0.1, -0.05) is 25.8 Å². The van der Waals surface area contributed by atoms with Gasteiger partial charge in [-0.2, -0.15) is 8.78 Å². The van der Waals surface area contributed by atoms with Crippen molar-refractivity contribution in [3.63, 3.8) is 0 Å². The van der Waals surface area contributed by atoms with Crippen molar-refractivity contribution in [1.82, 2.24) is 4.98 Å². The van der Waals surface area contributed by atoms with Crippen LogP contribution in [-0.2, 0) is 10.8 Å². The average Bonchev–Trinajstić information content (AvgIpc) is 3.28. The summed E-state index contributed by atoms with van der Waals surface area (Å²) in [6, 6.07) is 6.05. The molecule has 0 amide bonds. The second-order valence-corrected chi connectivity index (χ2v) is 10.8. The van der Waals surface area contributed by atoms with Crippen molar-refractivity contribution in [2.45, 2.75) is 57.7 Å². The summed E-state index contributed by atoms with van der Waals surface area (Å²) in [7, 11) is 0. The molecule has 0 spiro atoms. The number of hydrogen-bond acceptors (Lipinski definition) is 4. The molecule has 3 nitrogen and oxygen atoms in total. The second-order valence-electron chi connectivity index (χ2n) is 9.75. The number of nitrogens with zero attached hydrogens (tertiary/aromatic N) is 1. The fourth-order valence-corrected chi connectivity index (χ4v) is 6.14. The molecule has 0 N–H and O–H groups in total. The number of aromatic nitrogens is 1. The van der Waals surface area contributed by atoms with Gasteiger partial charge in [-0.05, 0) is 61.1 Å². The van der Waals surface area contributed by atoms with Gasteiger partial charge in [0.05, 0.1) is 22.9 Å². The van der Waals surface area contributed by atoms with Crippen molar-refractivity contribution in [2.75, 3.05) is 6.61 Å². The monoisotopic (exact) mass is 511 g/mol. The van der Waals surface area contributed by atoms with Gasteiger partial charge in [0.1, 0.15) is 5.75 Å². The number of benzene rings is 2. The minimum Gasteiger partial charge on any atom is -0.427 e. The van der Waals surface area contributed by atoms with Gasteiger partial charge in [-0.15, -0.1) is 11.3 Å². The molecule has 1 aliphatic carbocycles. The lowest BCUT2D eigenvalue weighted by Crippen LogP contribution is -2.29. The van der Waals surface area contributed by atoms with Crippen molar-refractivity contribution < 1.29 is 31.4 Å². The highest BCUT2D eigenvalue weighted by molar-refractivity contribution is 7.18. The average molecular weight is 512 g/mol. The summed E-state index contributed by atoms with van der Waals surface area (Å²) in [6.45, 7) is 3.03. The fourth-order valence-electron chi connectivity index (χ4n) is 5.21. The van der Waals surface area contributed by atoms with Gasteiger partial charge >= 0.3 is 6.11 Å². The molecule has 2 atom stereocenters. The molecule has 3 aromatic rings. The number of halogens is 5. The van der Waals surface area contributed by atoms with E-state index in [1.165, 1.54) is 25.7 Å². The second kappa shape index (κ2) is 9.65. The summed E-state index contributed by atoms with van der Waals surface area (Å²) >= 11 is 0.733. The first-order valence-electron chi connectivity index (χ1n) is 11.9. The zero-order chi connectivity index (χ0) is 24.7. The molecule has 188 valence electrons. The first kappa shape index (κ1) is 24.4. The normalized spacial score (nSPS) is 25.7. The Bertz CT molecular complexity index is 1180. The molecular formula is C26H26F5NO2S. The predicted octanol–water partition coefficient (Wildman–Crippen LogP) is 8.14. The predicted molar refractivity (Wildman–Crippen MR) is 123 cm³/mol. The zero-order valence-corrected chi connectivity index (χ0v) is 20.0. The van der Waals surface area contributed by atoms with Crippen LogP contribution < -0.4 is 4.74 Å². The summed E-state index contributed by atoms with van der Waals surface area (Å²) < 4.78 is 80.5. The van der Waals surface area contributed by atoms with E-state index in [1.54, 1.807) is 12.1 Å². The maximum absolute atomic E-state index is 14.7. The molecule has 1 aromatic heterocycles. The largest absolute Gasteiger partial charge is 0.454 e. The highest BCUT2D eigenvalue weighted by Crippen LogP contribution is 2.42. The van der Waals surface area contributed by atoms with E-state index in [0.717, 1.165) is 41.6 Å². The first-order chi connectivity index (χ1) is 16.7. The van der Waals surface area contributed by atoms with Crippen LogP contribution in [0.1, 0.15) is 62.1 Å². The zero-order valence-electron chi connectivity index (χ0n) is 19.2. The van der Waals surface area contributed by atoms with Crippen LogP contribution in [0.4, 0.5) is 22.0 Å². The fraction of sp³-hybridized carbons (Fsp3) is 0.500. The van der Waals surface area contributed by atoms with Crippen LogP contribution >= 0.6 is 11.3 Å².